The summed E-state index contributed by atoms with van der Waals surface area (Å²) in [6.07, 6.45) is 0. The van der Waals surface area contributed by atoms with E-state index >= 15 is 0 Å². The average molecular weight is 203 g/mol. The maximum atomic E-state index is 3.39. The molecule has 3 nitrogen and oxygen atoms in total. The van der Waals surface area contributed by atoms with Crippen molar-refractivity contribution in [1.29, 1.82) is 0 Å². The van der Waals surface area contributed by atoms with Crippen LogP contribution >= 0.6 is 0 Å². The molecule has 3 rings (SSSR count). The molecule has 1 fully saturated rings. The number of hydrogen-bond donors (Lipinski definition) is 1. The van der Waals surface area contributed by atoms with Crippen LogP contribution in [0.25, 0.3) is 0 Å². The summed E-state index contributed by atoms with van der Waals surface area (Å²) >= 11 is 0. The van der Waals surface area contributed by atoms with Crippen molar-refractivity contribution >= 4 is 0 Å². The van der Waals surface area contributed by atoms with Crippen LogP contribution in [0.15, 0.2) is 24.3 Å². The molecule has 2 aliphatic rings. The van der Waals surface area contributed by atoms with Gasteiger partial charge in [-0.2, -0.15) is 0 Å². The van der Waals surface area contributed by atoms with E-state index in [9.17, 15) is 0 Å². The molecule has 0 atom stereocenters. The van der Waals surface area contributed by atoms with Crippen LogP contribution in [0.3, 0.4) is 0 Å². The van der Waals surface area contributed by atoms with Gasteiger partial charge in [-0.05, 0) is 11.1 Å². The van der Waals surface area contributed by atoms with Gasteiger partial charge in [0.25, 0.3) is 0 Å². The van der Waals surface area contributed by atoms with Gasteiger partial charge in [0.05, 0.1) is 0 Å². The molecule has 80 valence electrons. The lowest BCUT2D eigenvalue weighted by molar-refractivity contribution is -0.0388. The normalized spacial score (nSPS) is 22.9. The van der Waals surface area contributed by atoms with Crippen molar-refractivity contribution in [3.8, 4) is 0 Å². The molecule has 0 amide bonds. The zero-order valence-electron chi connectivity index (χ0n) is 8.95. The predicted octanol–water partition coefficient (Wildman–Crippen LogP) is 0.822. The van der Waals surface area contributed by atoms with Crippen molar-refractivity contribution in [3.05, 3.63) is 35.4 Å². The minimum Gasteiger partial charge on any atom is -0.314 e. The Morgan fingerprint density at radius 3 is 2.07 bits per heavy atom. The van der Waals surface area contributed by atoms with Gasteiger partial charge in [-0.15, -0.1) is 0 Å². The lowest BCUT2D eigenvalue weighted by Crippen LogP contribution is -2.50. The summed E-state index contributed by atoms with van der Waals surface area (Å²) in [7, 11) is 0. The molecule has 1 N–H and O–H groups in total. The molecular weight excluding hydrogens is 186 g/mol. The smallest absolute Gasteiger partial charge is 0.0391 e. The number of benzene rings is 1. The fourth-order valence-corrected chi connectivity index (χ4v) is 2.45. The lowest BCUT2D eigenvalue weighted by atomic mass is 10.1. The fourth-order valence-electron chi connectivity index (χ4n) is 2.45. The van der Waals surface area contributed by atoms with Gasteiger partial charge in [0, 0.05) is 39.3 Å². The van der Waals surface area contributed by atoms with E-state index in [4.69, 9.17) is 0 Å². The van der Waals surface area contributed by atoms with Crippen molar-refractivity contribution in [3.63, 3.8) is 0 Å². The summed E-state index contributed by atoms with van der Waals surface area (Å²) in [5.74, 6) is 0. The molecule has 2 aliphatic heterocycles. The third kappa shape index (κ3) is 1.78. The quantitative estimate of drug-likeness (QED) is 0.729. The van der Waals surface area contributed by atoms with Crippen LogP contribution in [0, 0.1) is 0 Å². The van der Waals surface area contributed by atoms with E-state index < -0.39 is 0 Å². The van der Waals surface area contributed by atoms with Crippen LogP contribution in [-0.4, -0.2) is 36.2 Å². The van der Waals surface area contributed by atoms with E-state index in [1.807, 2.05) is 0 Å². The topological polar surface area (TPSA) is 18.5 Å². The van der Waals surface area contributed by atoms with Gasteiger partial charge in [-0.25, -0.2) is 10.0 Å². The van der Waals surface area contributed by atoms with Crippen molar-refractivity contribution in [1.82, 2.24) is 15.3 Å². The van der Waals surface area contributed by atoms with E-state index in [0.717, 1.165) is 39.3 Å². The summed E-state index contributed by atoms with van der Waals surface area (Å²) in [4.78, 5) is 0. The molecular formula is C12H17N3. The summed E-state index contributed by atoms with van der Waals surface area (Å²) in [5, 5.41) is 8.35. The SMILES string of the molecule is c1ccc2c(c1)CN(N1CCNCC1)C2. The van der Waals surface area contributed by atoms with Crippen LogP contribution in [0.4, 0.5) is 0 Å². The second kappa shape index (κ2) is 3.93. The van der Waals surface area contributed by atoms with Crippen LogP contribution in [0.1, 0.15) is 11.1 Å². The van der Waals surface area contributed by atoms with Gasteiger partial charge in [-0.1, -0.05) is 24.3 Å². The third-order valence-electron chi connectivity index (χ3n) is 3.32. The standard InChI is InChI=1S/C12H17N3/c1-2-4-12-10-15(9-11(12)3-1)14-7-5-13-6-8-14/h1-4,13H,5-10H2. The molecule has 0 radical (unpaired) electrons. The summed E-state index contributed by atoms with van der Waals surface area (Å²) in [6, 6.07) is 8.77. The number of piperazine rings is 1. The molecule has 0 unspecified atom stereocenters. The number of hydrogen-bond acceptors (Lipinski definition) is 3. The van der Waals surface area contributed by atoms with Crippen LogP contribution in [0.5, 0.6) is 0 Å². The predicted molar refractivity (Wildman–Crippen MR) is 60.1 cm³/mol. The first kappa shape index (κ1) is 9.33. The molecule has 0 saturated carbocycles. The highest BCUT2D eigenvalue weighted by atomic mass is 15.6. The number of fused-ring (bicyclic) bond motifs is 1. The Morgan fingerprint density at radius 1 is 0.867 bits per heavy atom. The molecule has 15 heavy (non-hydrogen) atoms. The van der Waals surface area contributed by atoms with E-state index in [0.29, 0.717) is 0 Å². The first-order valence-electron chi connectivity index (χ1n) is 5.71. The zero-order valence-corrected chi connectivity index (χ0v) is 8.95. The molecule has 2 heterocycles. The Hall–Kier alpha value is -0.900. The fraction of sp³-hybridized carbons (Fsp3) is 0.500. The Kier molecular flexibility index (Phi) is 2.44. The number of hydrazine groups is 1. The zero-order chi connectivity index (χ0) is 10.1. The maximum Gasteiger partial charge on any atom is 0.0391 e. The van der Waals surface area contributed by atoms with Crippen LogP contribution in [0.2, 0.25) is 0 Å². The minimum atomic E-state index is 1.09. The molecule has 0 aromatic heterocycles. The molecule has 1 aromatic carbocycles. The van der Waals surface area contributed by atoms with E-state index in [1.54, 1.807) is 0 Å². The highest BCUT2D eigenvalue weighted by molar-refractivity contribution is 5.29. The van der Waals surface area contributed by atoms with Gasteiger partial charge in [0.1, 0.15) is 0 Å². The van der Waals surface area contributed by atoms with Crippen LogP contribution in [-0.2, 0) is 13.1 Å². The maximum absolute atomic E-state index is 3.39. The second-order valence-corrected chi connectivity index (χ2v) is 4.30. The molecule has 0 spiro atoms. The molecule has 1 aromatic rings. The van der Waals surface area contributed by atoms with Gasteiger partial charge < -0.3 is 5.32 Å². The highest BCUT2D eigenvalue weighted by Gasteiger charge is 2.24. The van der Waals surface area contributed by atoms with Gasteiger partial charge >= 0.3 is 0 Å². The summed E-state index contributed by atoms with van der Waals surface area (Å²) in [6.45, 7) is 6.72. The van der Waals surface area contributed by atoms with E-state index in [2.05, 4.69) is 39.6 Å². The largest absolute Gasteiger partial charge is 0.314 e. The second-order valence-electron chi connectivity index (χ2n) is 4.30. The van der Waals surface area contributed by atoms with Crippen molar-refractivity contribution in [2.24, 2.45) is 0 Å². The van der Waals surface area contributed by atoms with Gasteiger partial charge in [-0.3, -0.25) is 0 Å². The summed E-state index contributed by atoms with van der Waals surface area (Å²) in [5.41, 5.74) is 2.99. The first-order valence-corrected chi connectivity index (χ1v) is 5.71. The van der Waals surface area contributed by atoms with E-state index in [-0.39, 0.29) is 0 Å². The lowest BCUT2D eigenvalue weighted by Gasteiger charge is -2.34. The van der Waals surface area contributed by atoms with Crippen molar-refractivity contribution < 1.29 is 0 Å². The van der Waals surface area contributed by atoms with Gasteiger partial charge in [0.2, 0.25) is 0 Å². The Balaban J connectivity index is 1.72. The highest BCUT2D eigenvalue weighted by Crippen LogP contribution is 2.23. The summed E-state index contributed by atoms with van der Waals surface area (Å²) < 4.78 is 0. The minimum absolute atomic E-state index is 1.09. The van der Waals surface area contributed by atoms with Crippen molar-refractivity contribution in [2.45, 2.75) is 13.1 Å². The monoisotopic (exact) mass is 203 g/mol. The average Bonchev–Trinajstić information content (AvgIpc) is 2.74. The Bertz CT molecular complexity index is 319. The van der Waals surface area contributed by atoms with Crippen molar-refractivity contribution in [2.75, 3.05) is 26.2 Å². The van der Waals surface area contributed by atoms with E-state index in [1.165, 1.54) is 11.1 Å². The molecule has 3 heteroatoms. The van der Waals surface area contributed by atoms with Crippen LogP contribution < -0.4 is 5.32 Å². The molecule has 1 saturated heterocycles. The third-order valence-corrected chi connectivity index (χ3v) is 3.32. The molecule has 0 bridgehead atoms. The first-order chi connectivity index (χ1) is 7.43. The molecule has 0 aliphatic carbocycles. The number of nitrogens with zero attached hydrogens (tertiary/aromatic N) is 2. The Morgan fingerprint density at radius 2 is 1.47 bits per heavy atom. The number of nitrogens with one attached hydrogen (secondary N) is 1. The number of rotatable bonds is 1. The van der Waals surface area contributed by atoms with Gasteiger partial charge in [0.15, 0.2) is 0 Å². The Labute approximate surface area is 90.6 Å².